The van der Waals surface area contributed by atoms with Gasteiger partial charge < -0.3 is 10.6 Å². The Balaban J connectivity index is 2.09. The zero-order valence-corrected chi connectivity index (χ0v) is 12.6. The quantitative estimate of drug-likeness (QED) is 0.884. The van der Waals surface area contributed by atoms with Crippen molar-refractivity contribution in [2.75, 3.05) is 5.32 Å². The number of nitrogens with zero attached hydrogens (tertiary/aromatic N) is 1. The van der Waals surface area contributed by atoms with Gasteiger partial charge in [0.05, 0.1) is 11.7 Å². The van der Waals surface area contributed by atoms with Gasteiger partial charge >= 0.3 is 0 Å². The summed E-state index contributed by atoms with van der Waals surface area (Å²) < 4.78 is 0. The van der Waals surface area contributed by atoms with Gasteiger partial charge in [0.25, 0.3) is 5.91 Å². The predicted octanol–water partition coefficient (Wildman–Crippen LogP) is 3.39. The summed E-state index contributed by atoms with van der Waals surface area (Å²) in [5, 5.41) is 6.26. The van der Waals surface area contributed by atoms with Crippen LogP contribution >= 0.6 is 0 Å². The van der Waals surface area contributed by atoms with Crippen molar-refractivity contribution in [2.45, 2.75) is 32.9 Å². The summed E-state index contributed by atoms with van der Waals surface area (Å²) in [5.41, 5.74) is 2.53. The van der Waals surface area contributed by atoms with E-state index in [1.807, 2.05) is 63.2 Å². The average Bonchev–Trinajstić information content (AvgIpc) is 2.47. The minimum Gasteiger partial charge on any atom is -0.377 e. The summed E-state index contributed by atoms with van der Waals surface area (Å²) in [4.78, 5) is 16.3. The van der Waals surface area contributed by atoms with Crippen LogP contribution in [0.5, 0.6) is 0 Å². The third-order valence-corrected chi connectivity index (χ3v) is 3.06. The van der Waals surface area contributed by atoms with E-state index in [2.05, 4.69) is 15.6 Å². The zero-order chi connectivity index (χ0) is 15.2. The molecule has 0 aliphatic heterocycles. The summed E-state index contributed by atoms with van der Waals surface area (Å²) in [5.74, 6) is -0.0564. The van der Waals surface area contributed by atoms with Crippen LogP contribution in [0.15, 0.2) is 48.7 Å². The fourth-order valence-corrected chi connectivity index (χ4v) is 2.05. The molecule has 0 fully saturated rings. The number of nitrogens with one attached hydrogen (secondary N) is 2. The molecule has 21 heavy (non-hydrogen) atoms. The molecule has 2 N–H and O–H groups in total. The third-order valence-electron chi connectivity index (χ3n) is 3.06. The molecule has 1 unspecified atom stereocenters. The van der Waals surface area contributed by atoms with Crippen LogP contribution in [0.1, 0.15) is 42.9 Å². The lowest BCUT2D eigenvalue weighted by atomic mass is 10.1. The fourth-order valence-electron chi connectivity index (χ4n) is 2.05. The number of carbonyl (C=O) groups is 1. The SMILES string of the molecule is CC(C)NC(=O)c1cccc(NC(C)c2ccccn2)c1. The largest absolute Gasteiger partial charge is 0.377 e. The Hall–Kier alpha value is -2.36. The number of hydrogen-bond acceptors (Lipinski definition) is 3. The lowest BCUT2D eigenvalue weighted by molar-refractivity contribution is 0.0943. The Bertz CT molecular complexity index is 596. The van der Waals surface area contributed by atoms with Crippen LogP contribution < -0.4 is 10.6 Å². The highest BCUT2D eigenvalue weighted by Crippen LogP contribution is 2.18. The fraction of sp³-hybridized carbons (Fsp3) is 0.294. The molecule has 0 spiro atoms. The molecule has 1 atom stereocenters. The van der Waals surface area contributed by atoms with Crippen LogP contribution in [-0.2, 0) is 0 Å². The van der Waals surface area contributed by atoms with Crippen LogP contribution in [0.4, 0.5) is 5.69 Å². The second kappa shape index (κ2) is 6.88. The summed E-state index contributed by atoms with van der Waals surface area (Å²) in [6.45, 7) is 5.94. The predicted molar refractivity (Wildman–Crippen MR) is 85.3 cm³/mol. The number of anilines is 1. The highest BCUT2D eigenvalue weighted by atomic mass is 16.1. The van der Waals surface area contributed by atoms with E-state index in [9.17, 15) is 4.79 Å². The van der Waals surface area contributed by atoms with E-state index in [1.165, 1.54) is 0 Å². The molecule has 1 heterocycles. The summed E-state index contributed by atoms with van der Waals surface area (Å²) in [6.07, 6.45) is 1.78. The van der Waals surface area contributed by atoms with Gasteiger partial charge in [0.2, 0.25) is 0 Å². The minimum absolute atomic E-state index is 0.0564. The third kappa shape index (κ3) is 4.31. The number of benzene rings is 1. The van der Waals surface area contributed by atoms with Crippen molar-refractivity contribution in [3.05, 3.63) is 59.9 Å². The number of hydrogen-bond donors (Lipinski definition) is 2. The lowest BCUT2D eigenvalue weighted by Crippen LogP contribution is -2.30. The van der Waals surface area contributed by atoms with Crippen LogP contribution in [0.3, 0.4) is 0 Å². The molecule has 0 bridgehead atoms. The number of carbonyl (C=O) groups excluding carboxylic acids is 1. The van der Waals surface area contributed by atoms with Gasteiger partial charge in [0.1, 0.15) is 0 Å². The Morgan fingerprint density at radius 2 is 1.90 bits per heavy atom. The highest BCUT2D eigenvalue weighted by Gasteiger charge is 2.09. The van der Waals surface area contributed by atoms with Crippen molar-refractivity contribution in [2.24, 2.45) is 0 Å². The molecular formula is C17H21N3O. The van der Waals surface area contributed by atoms with Crippen molar-refractivity contribution in [1.82, 2.24) is 10.3 Å². The van der Waals surface area contributed by atoms with E-state index in [4.69, 9.17) is 0 Å². The molecule has 0 aliphatic carbocycles. The average molecular weight is 283 g/mol. The number of amides is 1. The molecule has 0 saturated heterocycles. The molecule has 0 aliphatic rings. The van der Waals surface area contributed by atoms with Crippen LogP contribution in [0, 0.1) is 0 Å². The molecule has 110 valence electrons. The van der Waals surface area contributed by atoms with E-state index in [0.29, 0.717) is 5.56 Å². The first-order valence-corrected chi connectivity index (χ1v) is 7.14. The Morgan fingerprint density at radius 1 is 1.10 bits per heavy atom. The summed E-state index contributed by atoms with van der Waals surface area (Å²) in [6, 6.07) is 13.5. The summed E-state index contributed by atoms with van der Waals surface area (Å²) >= 11 is 0. The van der Waals surface area contributed by atoms with E-state index in [0.717, 1.165) is 11.4 Å². The topological polar surface area (TPSA) is 54.0 Å². The number of rotatable bonds is 5. The Morgan fingerprint density at radius 3 is 2.57 bits per heavy atom. The maximum Gasteiger partial charge on any atom is 0.251 e. The van der Waals surface area contributed by atoms with Crippen molar-refractivity contribution >= 4 is 11.6 Å². The van der Waals surface area contributed by atoms with E-state index in [-0.39, 0.29) is 18.0 Å². The molecule has 2 aromatic rings. The molecule has 1 amide bonds. The molecule has 1 aromatic heterocycles. The second-order valence-corrected chi connectivity index (χ2v) is 5.33. The normalized spacial score (nSPS) is 12.0. The first kappa shape index (κ1) is 15.0. The monoisotopic (exact) mass is 283 g/mol. The Labute approximate surface area is 125 Å². The van der Waals surface area contributed by atoms with Gasteiger partial charge in [0.15, 0.2) is 0 Å². The maximum absolute atomic E-state index is 12.0. The van der Waals surface area contributed by atoms with Gasteiger partial charge in [-0.15, -0.1) is 0 Å². The van der Waals surface area contributed by atoms with Crippen molar-refractivity contribution in [3.8, 4) is 0 Å². The van der Waals surface area contributed by atoms with Gasteiger partial charge in [0, 0.05) is 23.5 Å². The lowest BCUT2D eigenvalue weighted by Gasteiger charge is -2.15. The van der Waals surface area contributed by atoms with E-state index < -0.39 is 0 Å². The van der Waals surface area contributed by atoms with Crippen LogP contribution in [-0.4, -0.2) is 16.9 Å². The van der Waals surface area contributed by atoms with Gasteiger partial charge in [-0.05, 0) is 51.1 Å². The van der Waals surface area contributed by atoms with Crippen LogP contribution in [0.2, 0.25) is 0 Å². The Kier molecular flexibility index (Phi) is 4.93. The zero-order valence-electron chi connectivity index (χ0n) is 12.6. The molecular weight excluding hydrogens is 262 g/mol. The van der Waals surface area contributed by atoms with Gasteiger partial charge in [-0.25, -0.2) is 0 Å². The molecule has 4 nitrogen and oxygen atoms in total. The number of pyridine rings is 1. The van der Waals surface area contributed by atoms with Crippen LogP contribution in [0.25, 0.3) is 0 Å². The smallest absolute Gasteiger partial charge is 0.251 e. The van der Waals surface area contributed by atoms with E-state index in [1.54, 1.807) is 6.20 Å². The van der Waals surface area contributed by atoms with Gasteiger partial charge in [-0.1, -0.05) is 12.1 Å². The first-order valence-electron chi connectivity index (χ1n) is 7.14. The van der Waals surface area contributed by atoms with Crippen molar-refractivity contribution < 1.29 is 4.79 Å². The summed E-state index contributed by atoms with van der Waals surface area (Å²) in [7, 11) is 0. The van der Waals surface area contributed by atoms with Gasteiger partial charge in [-0.3, -0.25) is 9.78 Å². The van der Waals surface area contributed by atoms with Crippen molar-refractivity contribution in [3.63, 3.8) is 0 Å². The van der Waals surface area contributed by atoms with Crippen molar-refractivity contribution in [1.29, 1.82) is 0 Å². The maximum atomic E-state index is 12.0. The minimum atomic E-state index is -0.0564. The molecule has 0 saturated carbocycles. The standard InChI is InChI=1S/C17H21N3O/c1-12(2)19-17(21)14-7-6-8-15(11-14)20-13(3)16-9-4-5-10-18-16/h4-13,20H,1-3H3,(H,19,21). The molecule has 1 aromatic carbocycles. The highest BCUT2D eigenvalue weighted by molar-refractivity contribution is 5.95. The second-order valence-electron chi connectivity index (χ2n) is 5.33. The molecule has 0 radical (unpaired) electrons. The van der Waals surface area contributed by atoms with Gasteiger partial charge in [-0.2, -0.15) is 0 Å². The molecule has 4 heteroatoms. The number of aromatic nitrogens is 1. The molecule has 2 rings (SSSR count). The van der Waals surface area contributed by atoms with E-state index >= 15 is 0 Å². The first-order chi connectivity index (χ1) is 10.1.